The fourth-order valence-electron chi connectivity index (χ4n) is 2.33. The summed E-state index contributed by atoms with van der Waals surface area (Å²) < 4.78 is 13.9. The van der Waals surface area contributed by atoms with Crippen LogP contribution in [-0.4, -0.2) is 0 Å². The number of benzene rings is 1. The minimum Gasteiger partial charge on any atom is -0.207 e. The van der Waals surface area contributed by atoms with E-state index in [1.807, 2.05) is 6.92 Å². The minimum absolute atomic E-state index is 0.0170. The first-order valence-electron chi connectivity index (χ1n) is 5.89. The fraction of sp³-hybridized carbons (Fsp3) is 0.571. The van der Waals surface area contributed by atoms with E-state index in [0.29, 0.717) is 11.8 Å². The van der Waals surface area contributed by atoms with E-state index >= 15 is 0 Å². The molecule has 1 fully saturated rings. The summed E-state index contributed by atoms with van der Waals surface area (Å²) in [6, 6.07) is 3.88. The smallest absolute Gasteiger partial charge is 0.127 e. The Bertz CT molecular complexity index is 339. The van der Waals surface area contributed by atoms with E-state index in [1.54, 1.807) is 6.07 Å². The Labute approximate surface area is 91.5 Å². The molecular formula is C14H19F. The molecule has 0 amide bonds. The van der Waals surface area contributed by atoms with Crippen LogP contribution >= 0.6 is 0 Å². The quantitative estimate of drug-likeness (QED) is 0.667. The summed E-state index contributed by atoms with van der Waals surface area (Å²) in [4.78, 5) is 0. The number of hydrogen-bond donors (Lipinski definition) is 0. The second kappa shape index (κ2) is 3.96. The van der Waals surface area contributed by atoms with Crippen molar-refractivity contribution < 1.29 is 4.39 Å². The largest absolute Gasteiger partial charge is 0.207 e. The lowest BCUT2D eigenvalue weighted by molar-refractivity contribution is 0.402. The van der Waals surface area contributed by atoms with Crippen molar-refractivity contribution in [3.05, 3.63) is 34.6 Å². The predicted molar refractivity (Wildman–Crippen MR) is 61.8 cm³/mol. The van der Waals surface area contributed by atoms with Crippen LogP contribution in [0.4, 0.5) is 4.39 Å². The highest BCUT2D eigenvalue weighted by atomic mass is 19.1. The van der Waals surface area contributed by atoms with Crippen molar-refractivity contribution in [2.24, 2.45) is 0 Å². The first-order chi connectivity index (χ1) is 7.09. The number of hydrogen-bond acceptors (Lipinski definition) is 0. The van der Waals surface area contributed by atoms with Gasteiger partial charge in [-0.3, -0.25) is 0 Å². The van der Waals surface area contributed by atoms with Crippen LogP contribution in [0.5, 0.6) is 0 Å². The van der Waals surface area contributed by atoms with Gasteiger partial charge in [0.1, 0.15) is 5.82 Å². The average molecular weight is 206 g/mol. The summed E-state index contributed by atoms with van der Waals surface area (Å²) in [6.07, 6.45) is 3.59. The minimum atomic E-state index is 0.0170. The number of rotatable bonds is 2. The second-order valence-electron chi connectivity index (χ2n) is 5.02. The van der Waals surface area contributed by atoms with Crippen LogP contribution in [0.1, 0.15) is 61.6 Å². The van der Waals surface area contributed by atoms with E-state index in [-0.39, 0.29) is 5.82 Å². The molecular weight excluding hydrogens is 187 g/mol. The van der Waals surface area contributed by atoms with E-state index in [9.17, 15) is 4.39 Å². The molecule has 1 aliphatic rings. The van der Waals surface area contributed by atoms with Crippen LogP contribution in [0, 0.1) is 12.7 Å². The van der Waals surface area contributed by atoms with Crippen LogP contribution in [0.15, 0.2) is 12.1 Å². The lowest BCUT2D eigenvalue weighted by Gasteiger charge is -2.28. The Morgan fingerprint density at radius 2 is 1.93 bits per heavy atom. The summed E-state index contributed by atoms with van der Waals surface area (Å²) in [7, 11) is 0. The molecule has 2 rings (SSSR count). The SMILES string of the molecule is Cc1cc(C(C)C)cc(F)c1C1CCC1. The monoisotopic (exact) mass is 206 g/mol. The molecule has 0 aliphatic heterocycles. The van der Waals surface area contributed by atoms with Crippen molar-refractivity contribution in [3.63, 3.8) is 0 Å². The maximum atomic E-state index is 13.9. The van der Waals surface area contributed by atoms with Crippen LogP contribution in [-0.2, 0) is 0 Å². The van der Waals surface area contributed by atoms with Gasteiger partial charge in [0, 0.05) is 0 Å². The molecule has 1 saturated carbocycles. The van der Waals surface area contributed by atoms with Gasteiger partial charge in [-0.1, -0.05) is 26.3 Å². The summed E-state index contributed by atoms with van der Waals surface area (Å²) in [5.74, 6) is 0.920. The maximum absolute atomic E-state index is 13.9. The average Bonchev–Trinajstić information content (AvgIpc) is 2.07. The molecule has 15 heavy (non-hydrogen) atoms. The normalized spacial score (nSPS) is 16.9. The highest BCUT2D eigenvalue weighted by molar-refractivity contribution is 5.37. The molecule has 0 aromatic heterocycles. The van der Waals surface area contributed by atoms with Crippen molar-refractivity contribution in [1.82, 2.24) is 0 Å². The lowest BCUT2D eigenvalue weighted by atomic mass is 9.77. The van der Waals surface area contributed by atoms with Gasteiger partial charge >= 0.3 is 0 Å². The van der Waals surface area contributed by atoms with Crippen molar-refractivity contribution in [2.75, 3.05) is 0 Å². The molecule has 1 heteroatoms. The predicted octanol–water partition coefficient (Wildman–Crippen LogP) is 4.53. The molecule has 0 saturated heterocycles. The van der Waals surface area contributed by atoms with Gasteiger partial charge in [-0.05, 0) is 54.4 Å². The summed E-state index contributed by atoms with van der Waals surface area (Å²) in [6.45, 7) is 6.26. The Kier molecular flexibility index (Phi) is 2.81. The van der Waals surface area contributed by atoms with Gasteiger partial charge in [0.25, 0.3) is 0 Å². The summed E-state index contributed by atoms with van der Waals surface area (Å²) in [5.41, 5.74) is 3.24. The number of aryl methyl sites for hydroxylation is 1. The Hall–Kier alpha value is -0.850. The zero-order chi connectivity index (χ0) is 11.0. The van der Waals surface area contributed by atoms with Crippen LogP contribution in [0.3, 0.4) is 0 Å². The molecule has 0 bridgehead atoms. The van der Waals surface area contributed by atoms with Gasteiger partial charge in [-0.15, -0.1) is 0 Å². The fourth-order valence-corrected chi connectivity index (χ4v) is 2.33. The molecule has 1 aliphatic carbocycles. The van der Waals surface area contributed by atoms with Crippen LogP contribution in [0.25, 0.3) is 0 Å². The topological polar surface area (TPSA) is 0 Å². The first kappa shape index (κ1) is 10.7. The van der Waals surface area contributed by atoms with Gasteiger partial charge in [-0.25, -0.2) is 4.39 Å². The molecule has 82 valence electrons. The maximum Gasteiger partial charge on any atom is 0.127 e. The second-order valence-corrected chi connectivity index (χ2v) is 5.02. The zero-order valence-corrected chi connectivity index (χ0v) is 9.81. The molecule has 0 atom stereocenters. The third-order valence-electron chi connectivity index (χ3n) is 3.54. The molecule has 0 spiro atoms. The molecule has 0 radical (unpaired) electrons. The third-order valence-corrected chi connectivity index (χ3v) is 3.54. The van der Waals surface area contributed by atoms with Gasteiger partial charge in [0.05, 0.1) is 0 Å². The van der Waals surface area contributed by atoms with Gasteiger partial charge in [0.2, 0.25) is 0 Å². The molecule has 0 N–H and O–H groups in total. The molecule has 0 heterocycles. The number of halogens is 1. The highest BCUT2D eigenvalue weighted by Crippen LogP contribution is 2.40. The Balaban J connectivity index is 2.39. The Morgan fingerprint density at radius 1 is 1.27 bits per heavy atom. The molecule has 0 unspecified atom stereocenters. The van der Waals surface area contributed by atoms with E-state index in [2.05, 4.69) is 19.9 Å². The molecule has 1 aromatic carbocycles. The summed E-state index contributed by atoms with van der Waals surface area (Å²) >= 11 is 0. The highest BCUT2D eigenvalue weighted by Gasteiger charge is 2.24. The molecule has 1 aromatic rings. The van der Waals surface area contributed by atoms with Crippen molar-refractivity contribution in [3.8, 4) is 0 Å². The van der Waals surface area contributed by atoms with Crippen molar-refractivity contribution >= 4 is 0 Å². The van der Waals surface area contributed by atoms with Gasteiger partial charge in [0.15, 0.2) is 0 Å². The van der Waals surface area contributed by atoms with Crippen molar-refractivity contribution in [2.45, 2.75) is 51.9 Å². The first-order valence-corrected chi connectivity index (χ1v) is 5.89. The van der Waals surface area contributed by atoms with Gasteiger partial charge in [-0.2, -0.15) is 0 Å². The standard InChI is InChI=1S/C14H19F/c1-9(2)12-7-10(3)14(13(15)8-12)11-5-4-6-11/h7-9,11H,4-6H2,1-3H3. The van der Waals surface area contributed by atoms with Crippen LogP contribution < -0.4 is 0 Å². The van der Waals surface area contributed by atoms with E-state index in [4.69, 9.17) is 0 Å². The van der Waals surface area contributed by atoms with Crippen molar-refractivity contribution in [1.29, 1.82) is 0 Å². The van der Waals surface area contributed by atoms with E-state index in [1.165, 1.54) is 19.3 Å². The van der Waals surface area contributed by atoms with E-state index < -0.39 is 0 Å². The summed E-state index contributed by atoms with van der Waals surface area (Å²) in [5, 5.41) is 0. The Morgan fingerprint density at radius 3 is 2.33 bits per heavy atom. The zero-order valence-electron chi connectivity index (χ0n) is 9.81. The molecule has 0 nitrogen and oxygen atoms in total. The van der Waals surface area contributed by atoms with E-state index in [0.717, 1.165) is 16.7 Å². The third kappa shape index (κ3) is 1.92. The lowest BCUT2D eigenvalue weighted by Crippen LogP contribution is -2.13. The van der Waals surface area contributed by atoms with Crippen LogP contribution in [0.2, 0.25) is 0 Å². The van der Waals surface area contributed by atoms with Gasteiger partial charge < -0.3 is 0 Å².